The van der Waals surface area contributed by atoms with Crippen molar-refractivity contribution in [1.82, 2.24) is 9.03 Å². The van der Waals surface area contributed by atoms with E-state index in [9.17, 15) is 18.0 Å². The highest BCUT2D eigenvalue weighted by atomic mass is 32.2. The summed E-state index contributed by atoms with van der Waals surface area (Å²) in [7, 11) is -0.172. The molecule has 118 valence electrons. The normalized spacial score (nSPS) is 13.3. The third-order valence-electron chi connectivity index (χ3n) is 2.67. The highest BCUT2D eigenvalue weighted by molar-refractivity contribution is 7.87. The van der Waals surface area contributed by atoms with Crippen molar-refractivity contribution < 1.29 is 27.5 Å². The average Bonchev–Trinajstić information content (AvgIpc) is 2.40. The molecular weight excluding hydrogens is 288 g/mol. The van der Waals surface area contributed by atoms with Crippen LogP contribution in [0.4, 0.5) is 0 Å². The van der Waals surface area contributed by atoms with Gasteiger partial charge in [-0.2, -0.15) is 17.4 Å². The maximum atomic E-state index is 12.0. The van der Waals surface area contributed by atoms with Crippen LogP contribution < -0.4 is 4.72 Å². The zero-order valence-corrected chi connectivity index (χ0v) is 13.2. The number of esters is 2. The van der Waals surface area contributed by atoms with Crippen LogP contribution >= 0.6 is 0 Å². The molecule has 20 heavy (non-hydrogen) atoms. The minimum Gasteiger partial charge on any atom is -0.469 e. The molecule has 0 rings (SSSR count). The van der Waals surface area contributed by atoms with Crippen LogP contribution in [0.3, 0.4) is 0 Å². The molecule has 0 aliphatic carbocycles. The first-order valence-electron chi connectivity index (χ1n) is 6.04. The van der Waals surface area contributed by atoms with Crippen molar-refractivity contribution in [3.8, 4) is 0 Å². The summed E-state index contributed by atoms with van der Waals surface area (Å²) in [5.74, 6) is -1.45. The fourth-order valence-electron chi connectivity index (χ4n) is 1.30. The lowest BCUT2D eigenvalue weighted by Gasteiger charge is -2.23. The van der Waals surface area contributed by atoms with E-state index in [1.165, 1.54) is 21.3 Å². The zero-order valence-electron chi connectivity index (χ0n) is 12.4. The van der Waals surface area contributed by atoms with Gasteiger partial charge < -0.3 is 9.47 Å². The van der Waals surface area contributed by atoms with E-state index in [0.717, 1.165) is 4.31 Å². The molecule has 0 saturated heterocycles. The molecule has 0 radical (unpaired) electrons. The Hall–Kier alpha value is -1.19. The van der Waals surface area contributed by atoms with Crippen molar-refractivity contribution in [1.29, 1.82) is 0 Å². The van der Waals surface area contributed by atoms with Crippen LogP contribution in [0, 0.1) is 5.92 Å². The SMILES string of the molecule is COC(=O)CCN(C)S(=O)(=O)N[C@H](C(=O)OC)C(C)C. The van der Waals surface area contributed by atoms with Gasteiger partial charge in [0.25, 0.3) is 10.2 Å². The van der Waals surface area contributed by atoms with Gasteiger partial charge in [0, 0.05) is 13.6 Å². The predicted octanol–water partition coefficient (Wildman–Crippen LogP) is -0.487. The van der Waals surface area contributed by atoms with Gasteiger partial charge in [0.05, 0.1) is 20.6 Å². The van der Waals surface area contributed by atoms with Crippen molar-refractivity contribution in [2.75, 3.05) is 27.8 Å². The van der Waals surface area contributed by atoms with Gasteiger partial charge in [-0.15, -0.1) is 0 Å². The second kappa shape index (κ2) is 8.18. The number of methoxy groups -OCH3 is 2. The molecule has 0 bridgehead atoms. The monoisotopic (exact) mass is 310 g/mol. The van der Waals surface area contributed by atoms with Gasteiger partial charge in [-0.3, -0.25) is 9.59 Å². The lowest BCUT2D eigenvalue weighted by molar-refractivity contribution is -0.144. The molecule has 0 saturated carbocycles. The minimum absolute atomic E-state index is 0.0476. The number of hydrogen-bond acceptors (Lipinski definition) is 6. The molecule has 0 heterocycles. The number of rotatable bonds is 8. The van der Waals surface area contributed by atoms with Gasteiger partial charge in [0.2, 0.25) is 0 Å². The third kappa shape index (κ3) is 5.85. The summed E-state index contributed by atoms with van der Waals surface area (Å²) in [6, 6.07) is -0.981. The van der Waals surface area contributed by atoms with E-state index in [4.69, 9.17) is 0 Å². The Labute approximate surface area is 119 Å². The quantitative estimate of drug-likeness (QED) is 0.607. The molecular formula is C11H22N2O6S. The summed E-state index contributed by atoms with van der Waals surface area (Å²) in [5, 5.41) is 0. The maximum absolute atomic E-state index is 12.0. The topological polar surface area (TPSA) is 102 Å². The van der Waals surface area contributed by atoms with E-state index in [1.54, 1.807) is 13.8 Å². The smallest absolute Gasteiger partial charge is 0.324 e. The fourth-order valence-corrected chi connectivity index (χ4v) is 2.51. The number of carbonyl (C=O) groups excluding carboxylic acids is 2. The number of hydrogen-bond donors (Lipinski definition) is 1. The number of nitrogens with one attached hydrogen (secondary N) is 1. The number of ether oxygens (including phenoxy) is 2. The number of carbonyl (C=O) groups is 2. The van der Waals surface area contributed by atoms with Gasteiger partial charge >= 0.3 is 11.9 Å². The van der Waals surface area contributed by atoms with Gasteiger partial charge in [-0.1, -0.05) is 13.8 Å². The average molecular weight is 310 g/mol. The molecule has 8 nitrogen and oxygen atoms in total. The highest BCUT2D eigenvalue weighted by Crippen LogP contribution is 2.07. The first-order chi connectivity index (χ1) is 9.15. The lowest BCUT2D eigenvalue weighted by Crippen LogP contribution is -2.50. The molecule has 9 heteroatoms. The zero-order chi connectivity index (χ0) is 15.9. The Balaban J connectivity index is 4.77. The Morgan fingerprint density at radius 3 is 2.15 bits per heavy atom. The molecule has 0 spiro atoms. The molecule has 0 aromatic carbocycles. The Morgan fingerprint density at radius 2 is 1.75 bits per heavy atom. The summed E-state index contributed by atoms with van der Waals surface area (Å²) in [4.78, 5) is 22.5. The van der Waals surface area contributed by atoms with Crippen molar-refractivity contribution in [3.63, 3.8) is 0 Å². The van der Waals surface area contributed by atoms with Crippen LogP contribution in [0.5, 0.6) is 0 Å². The molecule has 1 N–H and O–H groups in total. The number of nitrogens with zero attached hydrogens (tertiary/aromatic N) is 1. The van der Waals surface area contributed by atoms with E-state index < -0.39 is 28.2 Å². The van der Waals surface area contributed by atoms with E-state index in [1.807, 2.05) is 0 Å². The molecule has 0 unspecified atom stereocenters. The van der Waals surface area contributed by atoms with Gasteiger partial charge in [-0.25, -0.2) is 0 Å². The van der Waals surface area contributed by atoms with Crippen molar-refractivity contribution in [2.24, 2.45) is 5.92 Å². The van der Waals surface area contributed by atoms with Gasteiger partial charge in [0.15, 0.2) is 0 Å². The summed E-state index contributed by atoms with van der Waals surface area (Å²) < 4.78 is 36.2. The molecule has 0 aliphatic rings. The van der Waals surface area contributed by atoms with E-state index in [0.29, 0.717) is 0 Å². The van der Waals surface area contributed by atoms with Crippen molar-refractivity contribution in [2.45, 2.75) is 26.3 Å². The minimum atomic E-state index is -3.89. The van der Waals surface area contributed by atoms with Crippen molar-refractivity contribution >= 4 is 22.1 Å². The van der Waals surface area contributed by atoms with Crippen LogP contribution in [-0.2, 0) is 29.3 Å². The standard InChI is InChI=1S/C11H22N2O6S/c1-8(2)10(11(15)19-5)12-20(16,17)13(3)7-6-9(14)18-4/h8,10,12H,6-7H2,1-5H3/t10-/m0/s1. The van der Waals surface area contributed by atoms with Crippen LogP contribution in [-0.4, -0.2) is 58.5 Å². The van der Waals surface area contributed by atoms with Crippen LogP contribution in [0.15, 0.2) is 0 Å². The van der Waals surface area contributed by atoms with Crippen LogP contribution in [0.2, 0.25) is 0 Å². The Bertz CT molecular complexity index is 434. The predicted molar refractivity (Wildman–Crippen MR) is 72.0 cm³/mol. The second-order valence-corrected chi connectivity index (χ2v) is 6.32. The third-order valence-corrected chi connectivity index (χ3v) is 4.22. The summed E-state index contributed by atoms with van der Waals surface area (Å²) in [6.07, 6.45) is -0.0710. The Kier molecular flexibility index (Phi) is 7.69. The van der Waals surface area contributed by atoms with Crippen molar-refractivity contribution in [3.05, 3.63) is 0 Å². The molecule has 0 fully saturated rings. The van der Waals surface area contributed by atoms with E-state index >= 15 is 0 Å². The molecule has 0 amide bonds. The molecule has 0 aromatic rings. The molecule has 0 aliphatic heterocycles. The van der Waals surface area contributed by atoms with E-state index in [2.05, 4.69) is 14.2 Å². The molecule has 0 aromatic heterocycles. The summed E-state index contributed by atoms with van der Waals surface area (Å²) in [5.41, 5.74) is 0. The van der Waals surface area contributed by atoms with Crippen LogP contribution in [0.1, 0.15) is 20.3 Å². The van der Waals surface area contributed by atoms with Crippen LogP contribution in [0.25, 0.3) is 0 Å². The molecule has 1 atom stereocenters. The first-order valence-corrected chi connectivity index (χ1v) is 7.48. The summed E-state index contributed by atoms with van der Waals surface area (Å²) >= 11 is 0. The maximum Gasteiger partial charge on any atom is 0.324 e. The second-order valence-electron chi connectivity index (χ2n) is 4.52. The largest absolute Gasteiger partial charge is 0.469 e. The summed E-state index contributed by atoms with van der Waals surface area (Å²) in [6.45, 7) is 3.34. The van der Waals surface area contributed by atoms with Gasteiger partial charge in [0.1, 0.15) is 6.04 Å². The highest BCUT2D eigenvalue weighted by Gasteiger charge is 2.30. The Morgan fingerprint density at radius 1 is 1.20 bits per heavy atom. The fraction of sp³-hybridized carbons (Fsp3) is 0.818. The lowest BCUT2D eigenvalue weighted by atomic mass is 10.1. The van der Waals surface area contributed by atoms with Gasteiger partial charge in [-0.05, 0) is 5.92 Å². The van der Waals surface area contributed by atoms with E-state index in [-0.39, 0.29) is 18.9 Å². The first kappa shape index (κ1) is 18.8.